The van der Waals surface area contributed by atoms with Gasteiger partial charge >= 0.3 is 0 Å². The number of benzene rings is 1. The van der Waals surface area contributed by atoms with E-state index >= 15 is 0 Å². The van der Waals surface area contributed by atoms with Gasteiger partial charge in [0.2, 0.25) is 11.9 Å². The maximum Gasteiger partial charge on any atom is 0.252 e. The van der Waals surface area contributed by atoms with Crippen LogP contribution in [0.15, 0.2) is 35.3 Å². The number of rotatable bonds is 1. The van der Waals surface area contributed by atoms with Crippen molar-refractivity contribution in [3.8, 4) is 0 Å². The summed E-state index contributed by atoms with van der Waals surface area (Å²) in [4.78, 5) is 29.3. The van der Waals surface area contributed by atoms with Crippen molar-refractivity contribution in [1.29, 1.82) is 0 Å². The molecule has 2 rings (SSSR count). The third-order valence-corrected chi connectivity index (χ3v) is 3.16. The lowest BCUT2D eigenvalue weighted by molar-refractivity contribution is -0.142. The Labute approximate surface area is 116 Å². The van der Waals surface area contributed by atoms with Gasteiger partial charge in [0, 0.05) is 0 Å². The second-order valence-electron chi connectivity index (χ2n) is 4.94. The molecule has 20 heavy (non-hydrogen) atoms. The van der Waals surface area contributed by atoms with Gasteiger partial charge in [0.1, 0.15) is 12.1 Å². The molecule has 2 amide bonds. The minimum absolute atomic E-state index is 0.00854. The number of para-hydroxylation sites is 1. The van der Waals surface area contributed by atoms with Crippen molar-refractivity contribution in [2.24, 2.45) is 10.8 Å². The standard InChI is InChI=1S/C13H17N5O2/c1-13(2)11(20)16-10(19)8-18(13)12(17-14)15-9-6-4-3-5-7-9/h3-7H,8,14H2,1-2H3,(H,15,17)(H,16,19,20). The summed E-state index contributed by atoms with van der Waals surface area (Å²) in [7, 11) is 0. The van der Waals surface area contributed by atoms with E-state index in [1.54, 1.807) is 30.9 Å². The van der Waals surface area contributed by atoms with Crippen molar-refractivity contribution in [1.82, 2.24) is 15.6 Å². The van der Waals surface area contributed by atoms with E-state index in [-0.39, 0.29) is 24.3 Å². The smallest absolute Gasteiger partial charge is 0.252 e. The second-order valence-corrected chi connectivity index (χ2v) is 4.94. The monoisotopic (exact) mass is 275 g/mol. The van der Waals surface area contributed by atoms with Gasteiger partial charge in [0.25, 0.3) is 5.91 Å². The molecule has 1 heterocycles. The van der Waals surface area contributed by atoms with Crippen LogP contribution in [0.1, 0.15) is 13.8 Å². The predicted octanol–water partition coefficient (Wildman–Crippen LogP) is -0.126. The fourth-order valence-electron chi connectivity index (χ4n) is 1.92. The summed E-state index contributed by atoms with van der Waals surface area (Å²) in [6, 6.07) is 9.15. The number of nitrogens with zero attached hydrogens (tertiary/aromatic N) is 2. The van der Waals surface area contributed by atoms with Gasteiger partial charge in [0.05, 0.1) is 5.69 Å². The summed E-state index contributed by atoms with van der Waals surface area (Å²) in [5.74, 6) is 5.00. The van der Waals surface area contributed by atoms with Crippen LogP contribution in [0.3, 0.4) is 0 Å². The number of hydrazine groups is 1. The van der Waals surface area contributed by atoms with Gasteiger partial charge in [0.15, 0.2) is 0 Å². The maximum atomic E-state index is 11.9. The first kappa shape index (κ1) is 14.0. The molecular formula is C13H17N5O2. The van der Waals surface area contributed by atoms with Crippen LogP contribution in [0.4, 0.5) is 5.69 Å². The number of guanidine groups is 1. The average Bonchev–Trinajstić information content (AvgIpc) is 2.42. The van der Waals surface area contributed by atoms with Crippen molar-refractivity contribution in [2.75, 3.05) is 6.54 Å². The van der Waals surface area contributed by atoms with Gasteiger partial charge in [-0.15, -0.1) is 0 Å². The van der Waals surface area contributed by atoms with E-state index in [1.165, 1.54) is 0 Å². The van der Waals surface area contributed by atoms with Crippen molar-refractivity contribution < 1.29 is 9.59 Å². The lowest BCUT2D eigenvalue weighted by atomic mass is 9.99. The lowest BCUT2D eigenvalue weighted by Gasteiger charge is -2.41. The molecule has 1 aliphatic rings. The molecule has 0 atom stereocenters. The molecule has 106 valence electrons. The zero-order chi connectivity index (χ0) is 14.8. The van der Waals surface area contributed by atoms with Gasteiger partial charge in [-0.05, 0) is 26.0 Å². The van der Waals surface area contributed by atoms with Crippen LogP contribution in [0.5, 0.6) is 0 Å². The molecule has 0 aliphatic carbocycles. The van der Waals surface area contributed by atoms with Gasteiger partial charge in [-0.3, -0.25) is 20.3 Å². The molecule has 1 aromatic carbocycles. The fraction of sp³-hybridized carbons (Fsp3) is 0.308. The van der Waals surface area contributed by atoms with E-state index in [0.29, 0.717) is 5.69 Å². The Kier molecular flexibility index (Phi) is 3.71. The third kappa shape index (κ3) is 2.62. The summed E-state index contributed by atoms with van der Waals surface area (Å²) in [6.45, 7) is 3.41. The number of hydrogen-bond donors (Lipinski definition) is 3. The van der Waals surface area contributed by atoms with Crippen LogP contribution >= 0.6 is 0 Å². The topological polar surface area (TPSA) is 99.8 Å². The largest absolute Gasteiger partial charge is 0.318 e. The number of nitrogens with one attached hydrogen (secondary N) is 2. The molecular weight excluding hydrogens is 258 g/mol. The van der Waals surface area contributed by atoms with E-state index in [0.717, 1.165) is 0 Å². The van der Waals surface area contributed by atoms with E-state index in [2.05, 4.69) is 15.7 Å². The van der Waals surface area contributed by atoms with Crippen molar-refractivity contribution in [3.63, 3.8) is 0 Å². The Bertz CT molecular complexity index is 553. The minimum Gasteiger partial charge on any atom is -0.318 e. The Morgan fingerprint density at radius 2 is 2.00 bits per heavy atom. The molecule has 7 heteroatoms. The zero-order valence-electron chi connectivity index (χ0n) is 11.4. The summed E-state index contributed by atoms with van der Waals surface area (Å²) in [5.41, 5.74) is 2.21. The molecule has 0 aromatic heterocycles. The van der Waals surface area contributed by atoms with Crippen LogP contribution < -0.4 is 16.6 Å². The summed E-state index contributed by atoms with van der Waals surface area (Å²) >= 11 is 0. The van der Waals surface area contributed by atoms with Crippen LogP contribution in [0.2, 0.25) is 0 Å². The summed E-state index contributed by atoms with van der Waals surface area (Å²) < 4.78 is 0. The highest BCUT2D eigenvalue weighted by Gasteiger charge is 2.42. The van der Waals surface area contributed by atoms with Crippen LogP contribution in [0.25, 0.3) is 0 Å². The molecule has 1 fully saturated rings. The Balaban J connectivity index is 2.37. The Morgan fingerprint density at radius 1 is 1.35 bits per heavy atom. The highest BCUT2D eigenvalue weighted by Crippen LogP contribution is 2.20. The number of amides is 2. The molecule has 0 radical (unpaired) electrons. The maximum absolute atomic E-state index is 11.9. The average molecular weight is 275 g/mol. The molecule has 1 saturated heterocycles. The predicted molar refractivity (Wildman–Crippen MR) is 74.8 cm³/mol. The molecule has 4 N–H and O–H groups in total. The molecule has 0 bridgehead atoms. The van der Waals surface area contributed by atoms with Crippen molar-refractivity contribution in [2.45, 2.75) is 19.4 Å². The minimum atomic E-state index is -0.923. The molecule has 1 aliphatic heterocycles. The SMILES string of the molecule is CC1(C)C(=O)NC(=O)CN1C(=Nc1ccccc1)NN. The number of hydrogen-bond acceptors (Lipinski definition) is 4. The molecule has 1 aromatic rings. The normalized spacial score (nSPS) is 18.8. The van der Waals surface area contributed by atoms with E-state index in [4.69, 9.17) is 5.84 Å². The highest BCUT2D eigenvalue weighted by atomic mass is 16.2. The zero-order valence-corrected chi connectivity index (χ0v) is 11.4. The Hall–Kier alpha value is -2.41. The number of nitrogens with two attached hydrogens (primary N) is 1. The van der Waals surface area contributed by atoms with E-state index in [1.807, 2.05) is 18.2 Å². The molecule has 0 unspecified atom stereocenters. The Morgan fingerprint density at radius 3 is 2.60 bits per heavy atom. The highest BCUT2D eigenvalue weighted by molar-refractivity contribution is 6.06. The summed E-state index contributed by atoms with van der Waals surface area (Å²) in [5, 5.41) is 2.30. The number of carbonyl (C=O) groups excluding carboxylic acids is 2. The quantitative estimate of drug-likeness (QED) is 0.218. The van der Waals surface area contributed by atoms with E-state index < -0.39 is 5.54 Å². The first-order chi connectivity index (χ1) is 9.45. The van der Waals surface area contributed by atoms with Gasteiger partial charge in [-0.25, -0.2) is 10.8 Å². The van der Waals surface area contributed by atoms with Crippen LogP contribution in [0, 0.1) is 0 Å². The molecule has 0 saturated carbocycles. The number of piperazine rings is 1. The first-order valence-corrected chi connectivity index (χ1v) is 6.17. The van der Waals surface area contributed by atoms with Crippen LogP contribution in [-0.4, -0.2) is 34.8 Å². The van der Waals surface area contributed by atoms with Crippen molar-refractivity contribution in [3.05, 3.63) is 30.3 Å². The van der Waals surface area contributed by atoms with Gasteiger partial charge in [-0.1, -0.05) is 18.2 Å². The summed E-state index contributed by atoms with van der Waals surface area (Å²) in [6.07, 6.45) is 0. The molecule has 0 spiro atoms. The van der Waals surface area contributed by atoms with Crippen LogP contribution in [-0.2, 0) is 9.59 Å². The van der Waals surface area contributed by atoms with Gasteiger partial charge in [-0.2, -0.15) is 0 Å². The lowest BCUT2D eigenvalue weighted by Crippen LogP contribution is -2.67. The fourth-order valence-corrected chi connectivity index (χ4v) is 1.92. The van der Waals surface area contributed by atoms with E-state index in [9.17, 15) is 9.59 Å². The van der Waals surface area contributed by atoms with Crippen molar-refractivity contribution >= 4 is 23.5 Å². The number of carbonyl (C=O) groups is 2. The molecule has 7 nitrogen and oxygen atoms in total. The second kappa shape index (κ2) is 5.30. The first-order valence-electron chi connectivity index (χ1n) is 6.17. The number of aliphatic imine (C=N–C) groups is 1. The number of imide groups is 1. The van der Waals surface area contributed by atoms with Gasteiger partial charge < -0.3 is 4.90 Å². The third-order valence-electron chi connectivity index (χ3n) is 3.16.